The molecule has 0 spiro atoms. The maximum absolute atomic E-state index is 12.6. The maximum atomic E-state index is 12.6. The van der Waals surface area contributed by atoms with E-state index in [0.717, 1.165) is 38.2 Å². The summed E-state index contributed by atoms with van der Waals surface area (Å²) in [6.45, 7) is 6.89. The van der Waals surface area contributed by atoms with Crippen LogP contribution in [0.25, 0.3) is 0 Å². The topological polar surface area (TPSA) is 62.3 Å². The predicted molar refractivity (Wildman–Crippen MR) is 99.8 cm³/mol. The average molecular weight is 357 g/mol. The van der Waals surface area contributed by atoms with E-state index >= 15 is 0 Å². The zero-order valence-electron chi connectivity index (χ0n) is 15.8. The van der Waals surface area contributed by atoms with Crippen LogP contribution in [0.3, 0.4) is 0 Å². The smallest absolute Gasteiger partial charge is 0.294 e. The van der Waals surface area contributed by atoms with Crippen molar-refractivity contribution in [3.05, 3.63) is 41.6 Å². The van der Waals surface area contributed by atoms with Gasteiger partial charge >= 0.3 is 5.88 Å². The van der Waals surface area contributed by atoms with E-state index < -0.39 is 0 Å². The Morgan fingerprint density at radius 3 is 2.54 bits per heavy atom. The molecule has 1 aromatic carbocycles. The van der Waals surface area contributed by atoms with E-state index in [0.29, 0.717) is 17.5 Å². The van der Waals surface area contributed by atoms with Crippen molar-refractivity contribution < 1.29 is 14.0 Å². The highest BCUT2D eigenvalue weighted by Crippen LogP contribution is 2.26. The lowest BCUT2D eigenvalue weighted by Gasteiger charge is -2.18. The molecule has 1 saturated carbocycles. The van der Waals surface area contributed by atoms with Gasteiger partial charge in [0.25, 0.3) is 11.6 Å². The molecule has 0 unspecified atom stereocenters. The van der Waals surface area contributed by atoms with E-state index in [4.69, 9.17) is 4.52 Å². The van der Waals surface area contributed by atoms with Gasteiger partial charge in [-0.15, -0.1) is 0 Å². The number of hydrogen-bond donors (Lipinski definition) is 1. The van der Waals surface area contributed by atoms with Gasteiger partial charge in [0, 0.05) is 18.4 Å². The van der Waals surface area contributed by atoms with Crippen molar-refractivity contribution in [2.45, 2.75) is 58.5 Å². The summed E-state index contributed by atoms with van der Waals surface area (Å²) in [5.41, 5.74) is 1.58. The van der Waals surface area contributed by atoms with Gasteiger partial charge in [0.2, 0.25) is 5.27 Å². The summed E-state index contributed by atoms with van der Waals surface area (Å²) >= 11 is 0. The Balaban J connectivity index is 1.85. The predicted octanol–water partition coefficient (Wildman–Crippen LogP) is 3.56. The molecule has 1 aliphatic rings. The molecule has 6 heteroatoms. The van der Waals surface area contributed by atoms with Crippen LogP contribution >= 0.6 is 0 Å². The van der Waals surface area contributed by atoms with Crippen LogP contribution < -0.4 is 10.00 Å². The zero-order valence-corrected chi connectivity index (χ0v) is 15.8. The number of rotatable bonds is 7. The highest BCUT2D eigenvalue weighted by Gasteiger charge is 2.34. The molecule has 3 rings (SSSR count). The maximum Gasteiger partial charge on any atom is 0.307 e. The molecule has 140 valence electrons. The largest absolute Gasteiger partial charge is 0.307 e. The summed E-state index contributed by atoms with van der Waals surface area (Å²) in [4.78, 5) is 14.9. The minimum Gasteiger partial charge on any atom is -0.294 e. The first-order valence-corrected chi connectivity index (χ1v) is 9.72. The second kappa shape index (κ2) is 8.94. The third-order valence-corrected chi connectivity index (χ3v) is 5.21. The number of benzene rings is 1. The van der Waals surface area contributed by atoms with Crippen molar-refractivity contribution in [1.29, 1.82) is 0 Å². The molecule has 1 fully saturated rings. The molecule has 1 heterocycles. The van der Waals surface area contributed by atoms with Gasteiger partial charge in [0.15, 0.2) is 6.04 Å². The van der Waals surface area contributed by atoms with Crippen LogP contribution in [0.5, 0.6) is 0 Å². The van der Waals surface area contributed by atoms with Crippen molar-refractivity contribution in [2.24, 2.45) is 0 Å². The van der Waals surface area contributed by atoms with Crippen LogP contribution in [0.2, 0.25) is 0 Å². The van der Waals surface area contributed by atoms with Crippen LogP contribution in [-0.2, 0) is 6.54 Å². The molecule has 0 radical (unpaired) electrons. The number of nitrogens with zero attached hydrogens (tertiary/aromatic N) is 3. The summed E-state index contributed by atoms with van der Waals surface area (Å²) in [5.74, 6) is 0.301. The Hall–Kier alpha value is -2.21. The van der Waals surface area contributed by atoms with E-state index in [1.165, 1.54) is 19.3 Å². The Bertz CT molecular complexity index is 704. The highest BCUT2D eigenvalue weighted by atomic mass is 16.5. The minimum absolute atomic E-state index is 0.168. The molecule has 1 aliphatic carbocycles. The summed E-state index contributed by atoms with van der Waals surface area (Å²) in [6, 6.07) is 9.56. The second-order valence-corrected chi connectivity index (χ2v) is 6.87. The van der Waals surface area contributed by atoms with Gasteiger partial charge in [-0.2, -0.15) is 0 Å². The Kier molecular flexibility index (Phi) is 6.39. The fraction of sp³-hybridized carbons (Fsp3) is 0.550. The van der Waals surface area contributed by atoms with Gasteiger partial charge in [-0.05, 0) is 42.7 Å². The van der Waals surface area contributed by atoms with Crippen molar-refractivity contribution in [3.8, 4) is 0 Å². The standard InChI is InChI=1S/C20H28N4O2/c1-3-23(4-2)15-18-20(21-19(25)16-11-7-5-8-12-16)26-22-24(18)17-13-9-6-10-14-17/h5,7-8,11-12,17H,3-4,6,9-10,13-15H2,1-2H3/p+1. The van der Waals surface area contributed by atoms with Gasteiger partial charge in [0.05, 0.1) is 6.54 Å². The second-order valence-electron chi connectivity index (χ2n) is 6.87. The summed E-state index contributed by atoms with van der Waals surface area (Å²) in [6.07, 6.45) is 5.98. The van der Waals surface area contributed by atoms with Crippen LogP contribution in [0, 0.1) is 0 Å². The van der Waals surface area contributed by atoms with Crippen molar-refractivity contribution in [1.82, 2.24) is 10.2 Å². The minimum atomic E-state index is -0.168. The van der Waals surface area contributed by atoms with Crippen LogP contribution in [-0.4, -0.2) is 29.2 Å². The van der Waals surface area contributed by atoms with Gasteiger partial charge < -0.3 is 0 Å². The number of carbonyl (C=O) groups is 1. The first kappa shape index (κ1) is 18.6. The van der Waals surface area contributed by atoms with Crippen molar-refractivity contribution >= 4 is 11.8 Å². The van der Waals surface area contributed by atoms with E-state index in [2.05, 4.69) is 29.3 Å². The SMILES string of the molecule is CCN(CC)Cc1c(NC(=O)c2ccccc2)on[n+]1C1CCCCC1. The highest BCUT2D eigenvalue weighted by molar-refractivity contribution is 6.03. The Morgan fingerprint density at radius 1 is 1.19 bits per heavy atom. The van der Waals surface area contributed by atoms with Crippen LogP contribution in [0.4, 0.5) is 5.88 Å². The van der Waals surface area contributed by atoms with Gasteiger partial charge in [-0.3, -0.25) is 19.5 Å². The summed E-state index contributed by atoms with van der Waals surface area (Å²) in [5, 5.41) is 7.23. The van der Waals surface area contributed by atoms with Crippen LogP contribution in [0.1, 0.15) is 68.0 Å². The molecule has 0 saturated heterocycles. The van der Waals surface area contributed by atoms with Gasteiger partial charge in [0.1, 0.15) is 0 Å². The number of aromatic nitrogens is 2. The molecule has 6 nitrogen and oxygen atoms in total. The Labute approximate surface area is 155 Å². The first-order valence-electron chi connectivity index (χ1n) is 9.72. The van der Waals surface area contributed by atoms with E-state index in [1.807, 2.05) is 22.9 Å². The van der Waals surface area contributed by atoms with Gasteiger partial charge in [-0.1, -0.05) is 38.5 Å². The molecule has 1 N–H and O–H groups in total. The van der Waals surface area contributed by atoms with Crippen molar-refractivity contribution in [3.63, 3.8) is 0 Å². The number of hydrogen-bond acceptors (Lipinski definition) is 4. The molecular weight excluding hydrogens is 328 g/mol. The van der Waals surface area contributed by atoms with E-state index in [1.54, 1.807) is 12.1 Å². The average Bonchev–Trinajstić information content (AvgIpc) is 3.09. The molecule has 0 aliphatic heterocycles. The molecule has 2 aromatic rings. The first-order chi connectivity index (χ1) is 12.7. The third-order valence-electron chi connectivity index (χ3n) is 5.21. The number of anilines is 1. The summed E-state index contributed by atoms with van der Waals surface area (Å²) in [7, 11) is 0. The fourth-order valence-electron chi connectivity index (χ4n) is 3.57. The van der Waals surface area contributed by atoms with Gasteiger partial charge in [-0.25, -0.2) is 0 Å². The monoisotopic (exact) mass is 357 g/mol. The lowest BCUT2D eigenvalue weighted by atomic mass is 9.95. The molecule has 1 amide bonds. The van der Waals surface area contributed by atoms with E-state index in [9.17, 15) is 4.79 Å². The molecule has 26 heavy (non-hydrogen) atoms. The normalized spacial score (nSPS) is 15.3. The molecule has 1 aromatic heterocycles. The number of amides is 1. The Morgan fingerprint density at radius 2 is 1.88 bits per heavy atom. The molecule has 0 atom stereocenters. The summed E-state index contributed by atoms with van der Waals surface area (Å²) < 4.78 is 7.60. The molecular formula is C20H29N4O2+. The quantitative estimate of drug-likeness (QED) is 0.770. The lowest BCUT2D eigenvalue weighted by molar-refractivity contribution is -0.793. The zero-order chi connectivity index (χ0) is 18.4. The van der Waals surface area contributed by atoms with E-state index in [-0.39, 0.29) is 5.91 Å². The number of carbonyl (C=O) groups excluding carboxylic acids is 1. The van der Waals surface area contributed by atoms with Crippen LogP contribution in [0.15, 0.2) is 34.9 Å². The number of nitrogens with one attached hydrogen (secondary N) is 1. The third kappa shape index (κ3) is 4.30. The fourth-order valence-corrected chi connectivity index (χ4v) is 3.57. The van der Waals surface area contributed by atoms with Crippen molar-refractivity contribution in [2.75, 3.05) is 18.4 Å². The lowest BCUT2D eigenvalue weighted by Crippen LogP contribution is -2.47. The molecule has 0 bridgehead atoms.